The first-order valence-electron chi connectivity index (χ1n) is 9.63. The Hall–Kier alpha value is -2.73. The fraction of sp³-hybridized carbons (Fsp3) is 0.318. The number of pyridine rings is 1. The molecule has 2 aromatic heterocycles. The minimum atomic E-state index is 0.224. The van der Waals surface area contributed by atoms with Gasteiger partial charge < -0.3 is 9.80 Å². The lowest BCUT2D eigenvalue weighted by atomic mass is 10.2. The Morgan fingerprint density at radius 1 is 1.14 bits per heavy atom. The van der Waals surface area contributed by atoms with Crippen LogP contribution in [0, 0.1) is 6.92 Å². The van der Waals surface area contributed by atoms with Crippen LogP contribution in [0.15, 0.2) is 54.2 Å². The summed E-state index contributed by atoms with van der Waals surface area (Å²) in [6.45, 7) is 5.45. The van der Waals surface area contributed by atoms with Gasteiger partial charge in [-0.2, -0.15) is 0 Å². The summed E-state index contributed by atoms with van der Waals surface area (Å²) in [5.41, 5.74) is 4.47. The van der Waals surface area contributed by atoms with Crippen LogP contribution >= 0.6 is 11.3 Å². The summed E-state index contributed by atoms with van der Waals surface area (Å²) in [6, 6.07) is 12.5. The van der Waals surface area contributed by atoms with E-state index in [2.05, 4.69) is 46.1 Å². The molecular weight excluding hydrogens is 368 g/mol. The Kier molecular flexibility index (Phi) is 5.67. The van der Waals surface area contributed by atoms with Crippen molar-refractivity contribution < 1.29 is 4.79 Å². The molecule has 144 valence electrons. The number of nitrogens with zero attached hydrogens (tertiary/aromatic N) is 4. The Bertz CT molecular complexity index is 932. The number of thiazole rings is 1. The molecule has 0 N–H and O–H groups in total. The average molecular weight is 393 g/mol. The van der Waals surface area contributed by atoms with Crippen LogP contribution in [0.5, 0.6) is 0 Å². The number of carbonyl (C=O) groups excluding carboxylic acids is 1. The van der Waals surface area contributed by atoms with Gasteiger partial charge in [0.2, 0.25) is 5.91 Å². The zero-order valence-electron chi connectivity index (χ0n) is 16.0. The molecule has 0 unspecified atom stereocenters. The SMILES string of the molecule is Cc1cccc(N2CCN(C(=O)CCc3nc(-c4cccnc4)cs3)CC2)c1. The quantitative estimate of drug-likeness (QED) is 0.663. The molecule has 0 radical (unpaired) electrons. The van der Waals surface area contributed by atoms with E-state index in [1.165, 1.54) is 11.3 Å². The first kappa shape index (κ1) is 18.6. The molecule has 3 aromatic rings. The third-order valence-electron chi connectivity index (χ3n) is 5.06. The number of anilines is 1. The van der Waals surface area contributed by atoms with Gasteiger partial charge >= 0.3 is 0 Å². The molecule has 28 heavy (non-hydrogen) atoms. The Labute approximate surface area is 169 Å². The highest BCUT2D eigenvalue weighted by atomic mass is 32.1. The molecule has 0 spiro atoms. The second-order valence-corrected chi connectivity index (χ2v) is 8.02. The Balaban J connectivity index is 1.28. The van der Waals surface area contributed by atoms with Crippen LogP contribution in [0.1, 0.15) is 17.0 Å². The summed E-state index contributed by atoms with van der Waals surface area (Å²) in [5, 5.41) is 3.04. The van der Waals surface area contributed by atoms with E-state index < -0.39 is 0 Å². The summed E-state index contributed by atoms with van der Waals surface area (Å²) in [7, 11) is 0. The van der Waals surface area contributed by atoms with Crippen LogP contribution in [0.3, 0.4) is 0 Å². The van der Waals surface area contributed by atoms with Crippen LogP contribution in [0.25, 0.3) is 11.3 Å². The van der Waals surface area contributed by atoms with Gasteiger partial charge in [0.15, 0.2) is 0 Å². The number of hydrogen-bond donors (Lipinski definition) is 0. The maximum Gasteiger partial charge on any atom is 0.223 e. The fourth-order valence-electron chi connectivity index (χ4n) is 3.48. The van der Waals surface area contributed by atoms with E-state index in [9.17, 15) is 4.79 Å². The zero-order valence-corrected chi connectivity index (χ0v) is 16.9. The number of aromatic nitrogens is 2. The van der Waals surface area contributed by atoms with Gasteiger partial charge in [-0.25, -0.2) is 4.98 Å². The first-order valence-corrected chi connectivity index (χ1v) is 10.5. The molecule has 5 nitrogen and oxygen atoms in total. The van der Waals surface area contributed by atoms with E-state index in [4.69, 9.17) is 0 Å². The van der Waals surface area contributed by atoms with Gasteiger partial charge in [0.25, 0.3) is 0 Å². The van der Waals surface area contributed by atoms with E-state index in [1.807, 2.05) is 28.6 Å². The highest BCUT2D eigenvalue weighted by molar-refractivity contribution is 7.09. The maximum absolute atomic E-state index is 12.6. The molecule has 0 saturated carbocycles. The summed E-state index contributed by atoms with van der Waals surface area (Å²) >= 11 is 1.61. The van der Waals surface area contributed by atoms with Crippen molar-refractivity contribution >= 4 is 22.9 Å². The van der Waals surface area contributed by atoms with Gasteiger partial charge in [-0.05, 0) is 36.8 Å². The number of hydrogen-bond acceptors (Lipinski definition) is 5. The van der Waals surface area contributed by atoms with Crippen molar-refractivity contribution in [1.82, 2.24) is 14.9 Å². The van der Waals surface area contributed by atoms with Crippen LogP contribution in [-0.4, -0.2) is 47.0 Å². The van der Waals surface area contributed by atoms with Gasteiger partial charge in [0.05, 0.1) is 10.7 Å². The van der Waals surface area contributed by atoms with E-state index in [0.717, 1.165) is 42.4 Å². The molecule has 0 atom stereocenters. The van der Waals surface area contributed by atoms with Crippen LogP contribution in [0.2, 0.25) is 0 Å². The van der Waals surface area contributed by atoms with Gasteiger partial charge in [0, 0.05) is 68.0 Å². The molecule has 1 fully saturated rings. The molecule has 0 aliphatic carbocycles. The van der Waals surface area contributed by atoms with E-state index in [0.29, 0.717) is 12.8 Å². The molecule has 0 bridgehead atoms. The van der Waals surface area contributed by atoms with Crippen molar-refractivity contribution in [2.75, 3.05) is 31.1 Å². The average Bonchev–Trinajstić information content (AvgIpc) is 3.22. The third kappa shape index (κ3) is 4.39. The highest BCUT2D eigenvalue weighted by Crippen LogP contribution is 2.22. The van der Waals surface area contributed by atoms with Crippen molar-refractivity contribution in [3.05, 3.63) is 64.7 Å². The predicted octanol–water partition coefficient (Wildman–Crippen LogP) is 3.79. The second kappa shape index (κ2) is 8.52. The highest BCUT2D eigenvalue weighted by Gasteiger charge is 2.21. The van der Waals surface area contributed by atoms with Crippen molar-refractivity contribution in [2.45, 2.75) is 19.8 Å². The molecule has 1 saturated heterocycles. The van der Waals surface area contributed by atoms with Gasteiger partial charge in [-0.1, -0.05) is 12.1 Å². The minimum Gasteiger partial charge on any atom is -0.368 e. The van der Waals surface area contributed by atoms with Gasteiger partial charge in [-0.3, -0.25) is 9.78 Å². The second-order valence-electron chi connectivity index (χ2n) is 7.08. The summed E-state index contributed by atoms with van der Waals surface area (Å²) in [6.07, 6.45) is 4.79. The normalized spacial score (nSPS) is 14.3. The lowest BCUT2D eigenvalue weighted by Gasteiger charge is -2.36. The molecular formula is C22H24N4OS. The number of aryl methyl sites for hydroxylation is 2. The van der Waals surface area contributed by atoms with Crippen LogP contribution < -0.4 is 4.90 Å². The molecule has 1 amide bonds. The molecule has 3 heterocycles. The third-order valence-corrected chi connectivity index (χ3v) is 5.97. The van der Waals surface area contributed by atoms with Crippen LogP contribution in [0.4, 0.5) is 5.69 Å². The summed E-state index contributed by atoms with van der Waals surface area (Å²) in [4.78, 5) is 25.8. The first-order chi connectivity index (χ1) is 13.7. The Morgan fingerprint density at radius 2 is 2.00 bits per heavy atom. The predicted molar refractivity (Wildman–Crippen MR) is 114 cm³/mol. The fourth-order valence-corrected chi connectivity index (χ4v) is 4.29. The molecule has 1 aliphatic rings. The number of rotatable bonds is 5. The van der Waals surface area contributed by atoms with Crippen LogP contribution in [-0.2, 0) is 11.2 Å². The van der Waals surface area contributed by atoms with E-state index in [1.54, 1.807) is 17.5 Å². The zero-order chi connectivity index (χ0) is 19.3. The monoisotopic (exact) mass is 392 g/mol. The van der Waals surface area contributed by atoms with Crippen molar-refractivity contribution in [1.29, 1.82) is 0 Å². The van der Waals surface area contributed by atoms with E-state index in [-0.39, 0.29) is 5.91 Å². The van der Waals surface area contributed by atoms with Crippen molar-refractivity contribution in [3.8, 4) is 11.3 Å². The number of piperazine rings is 1. The van der Waals surface area contributed by atoms with Crippen molar-refractivity contribution in [3.63, 3.8) is 0 Å². The molecule has 1 aliphatic heterocycles. The maximum atomic E-state index is 12.6. The van der Waals surface area contributed by atoms with E-state index >= 15 is 0 Å². The lowest BCUT2D eigenvalue weighted by Crippen LogP contribution is -2.48. The number of amides is 1. The minimum absolute atomic E-state index is 0.224. The topological polar surface area (TPSA) is 49.3 Å². The largest absolute Gasteiger partial charge is 0.368 e. The standard InChI is InChI=1S/C22H24N4OS/c1-17-4-2-6-19(14-17)25-10-12-26(13-11-25)22(27)8-7-21-24-20(16-28-21)18-5-3-9-23-15-18/h2-6,9,14-16H,7-8,10-13H2,1H3. The lowest BCUT2D eigenvalue weighted by molar-refractivity contribution is -0.131. The summed E-state index contributed by atoms with van der Waals surface area (Å²) in [5.74, 6) is 0.224. The van der Waals surface area contributed by atoms with Gasteiger partial charge in [-0.15, -0.1) is 11.3 Å². The summed E-state index contributed by atoms with van der Waals surface area (Å²) < 4.78 is 0. The van der Waals surface area contributed by atoms with Crippen molar-refractivity contribution in [2.24, 2.45) is 0 Å². The smallest absolute Gasteiger partial charge is 0.223 e. The number of benzene rings is 1. The molecule has 6 heteroatoms. The number of carbonyl (C=O) groups is 1. The molecule has 4 rings (SSSR count). The molecule has 1 aromatic carbocycles. The van der Waals surface area contributed by atoms with Gasteiger partial charge in [0.1, 0.15) is 0 Å². The Morgan fingerprint density at radius 3 is 2.75 bits per heavy atom.